The minimum Gasteiger partial charge on any atom is -0.480 e. The molecule has 0 rings (SSSR count). The number of aliphatic carboxylic acids is 1. The predicted molar refractivity (Wildman–Crippen MR) is 165 cm³/mol. The van der Waals surface area contributed by atoms with E-state index in [9.17, 15) is 48.6 Å². The minimum absolute atomic E-state index is 0.0753. The first kappa shape index (κ1) is 42.6. The van der Waals surface area contributed by atoms with Gasteiger partial charge in [0, 0.05) is 6.42 Å². The van der Waals surface area contributed by atoms with Gasteiger partial charge in [0.15, 0.2) is 0 Å². The summed E-state index contributed by atoms with van der Waals surface area (Å²) in [4.78, 5) is 98.9. The highest BCUT2D eigenvalue weighted by Gasteiger charge is 2.32. The first-order valence-corrected chi connectivity index (χ1v) is 15.1. The van der Waals surface area contributed by atoms with Crippen LogP contribution in [0.15, 0.2) is 0 Å². The van der Waals surface area contributed by atoms with Crippen LogP contribution in [0.25, 0.3) is 0 Å². The van der Waals surface area contributed by atoms with Gasteiger partial charge in [-0.15, -0.1) is 0 Å². The summed E-state index contributed by atoms with van der Waals surface area (Å²) in [5, 5.41) is 41.9. The minimum atomic E-state index is -1.68. The van der Waals surface area contributed by atoms with Gasteiger partial charge in [-0.2, -0.15) is 0 Å². The number of carboxylic acids is 1. The maximum atomic E-state index is 13.2. The van der Waals surface area contributed by atoms with E-state index in [2.05, 4.69) is 31.9 Å². The van der Waals surface area contributed by atoms with Crippen LogP contribution < -0.4 is 43.4 Å². The van der Waals surface area contributed by atoms with Gasteiger partial charge in [0.2, 0.25) is 41.4 Å². The van der Waals surface area contributed by atoms with Crippen LogP contribution in [0.1, 0.15) is 60.8 Å². The molecule has 0 fully saturated rings. The predicted octanol–water partition coefficient (Wildman–Crippen LogP) is -4.70. The number of carbonyl (C=O) groups is 8. The second kappa shape index (κ2) is 20.7. The lowest BCUT2D eigenvalue weighted by molar-refractivity contribution is -0.143. The molecule has 0 aromatic carbocycles. The number of rotatable bonds is 21. The van der Waals surface area contributed by atoms with Crippen LogP contribution in [0.5, 0.6) is 0 Å². The molecule has 7 atom stereocenters. The molecule has 7 amide bonds. The van der Waals surface area contributed by atoms with Crippen LogP contribution in [0.2, 0.25) is 0 Å². The Morgan fingerprint density at radius 3 is 1.70 bits per heavy atom. The highest BCUT2D eigenvalue weighted by molar-refractivity contribution is 5.96. The second-order valence-corrected chi connectivity index (χ2v) is 11.8. The summed E-state index contributed by atoms with van der Waals surface area (Å²) < 4.78 is 0. The van der Waals surface area contributed by atoms with Gasteiger partial charge in [-0.05, 0) is 38.5 Å². The van der Waals surface area contributed by atoms with Crippen molar-refractivity contribution < 1.29 is 53.7 Å². The van der Waals surface area contributed by atoms with Crippen LogP contribution >= 0.6 is 0 Å². The Balaban J connectivity index is 5.61. The highest BCUT2D eigenvalue weighted by atomic mass is 16.4. The summed E-state index contributed by atoms with van der Waals surface area (Å²) in [6, 6.07) is -7.99. The first-order valence-electron chi connectivity index (χ1n) is 15.1. The Morgan fingerprint density at radius 1 is 0.702 bits per heavy atom. The van der Waals surface area contributed by atoms with E-state index in [1.807, 2.05) is 0 Å². The van der Waals surface area contributed by atoms with Gasteiger partial charge in [-0.3, -0.25) is 33.6 Å². The lowest BCUT2D eigenvalue weighted by atomic mass is 10.0. The number of carboxylic acid groups (broad SMARTS) is 1. The fourth-order valence-corrected chi connectivity index (χ4v) is 3.92. The van der Waals surface area contributed by atoms with Crippen molar-refractivity contribution in [1.82, 2.24) is 31.9 Å². The van der Waals surface area contributed by atoms with E-state index in [0.29, 0.717) is 0 Å². The third-order valence-electron chi connectivity index (χ3n) is 6.71. The van der Waals surface area contributed by atoms with Crippen molar-refractivity contribution >= 4 is 47.3 Å². The van der Waals surface area contributed by atoms with Crippen molar-refractivity contribution in [3.05, 3.63) is 0 Å². The molecule has 0 unspecified atom stereocenters. The van der Waals surface area contributed by atoms with Crippen molar-refractivity contribution in [2.75, 3.05) is 13.2 Å². The molecule has 0 bridgehead atoms. The van der Waals surface area contributed by atoms with Gasteiger partial charge in [0.05, 0.1) is 19.3 Å². The molecule has 19 nitrogen and oxygen atoms in total. The summed E-state index contributed by atoms with van der Waals surface area (Å²) >= 11 is 0. The molecular weight excluding hydrogens is 624 g/mol. The van der Waals surface area contributed by atoms with E-state index >= 15 is 0 Å². The lowest BCUT2D eigenvalue weighted by Crippen LogP contribution is -2.59. The molecule has 13 N–H and O–H groups in total. The molecule has 0 aromatic heterocycles. The van der Waals surface area contributed by atoms with Crippen LogP contribution in [0.4, 0.5) is 0 Å². The van der Waals surface area contributed by atoms with Gasteiger partial charge in [0.25, 0.3) is 0 Å². The van der Waals surface area contributed by atoms with E-state index in [1.165, 1.54) is 13.8 Å². The Kier molecular flexibility index (Phi) is 18.8. The third-order valence-corrected chi connectivity index (χ3v) is 6.71. The summed E-state index contributed by atoms with van der Waals surface area (Å²) in [7, 11) is 0. The zero-order valence-electron chi connectivity index (χ0n) is 27.5. The number of hydrogen-bond acceptors (Lipinski definition) is 11. The number of carbonyl (C=O) groups excluding carboxylic acids is 7. The van der Waals surface area contributed by atoms with Crippen molar-refractivity contribution in [3.63, 3.8) is 0 Å². The molecule has 0 aromatic rings. The average molecular weight is 675 g/mol. The normalized spacial score (nSPS) is 15.6. The molecule has 0 spiro atoms. The summed E-state index contributed by atoms with van der Waals surface area (Å²) in [6.07, 6.45) is -1.74. The molecule has 0 aliphatic heterocycles. The quantitative estimate of drug-likeness (QED) is 0.0547. The van der Waals surface area contributed by atoms with E-state index in [-0.39, 0.29) is 25.2 Å². The van der Waals surface area contributed by atoms with E-state index in [1.54, 1.807) is 27.7 Å². The second-order valence-electron chi connectivity index (χ2n) is 11.8. The lowest BCUT2D eigenvalue weighted by Gasteiger charge is -2.27. The van der Waals surface area contributed by atoms with Crippen molar-refractivity contribution in [3.8, 4) is 0 Å². The molecule has 0 saturated heterocycles. The van der Waals surface area contributed by atoms with Crippen molar-refractivity contribution in [1.29, 1.82) is 0 Å². The van der Waals surface area contributed by atoms with Crippen LogP contribution in [-0.2, 0) is 38.4 Å². The molecule has 47 heavy (non-hydrogen) atoms. The molecule has 0 aliphatic carbocycles. The Hall–Kier alpha value is -4.36. The smallest absolute Gasteiger partial charge is 0.328 e. The zero-order chi connectivity index (χ0) is 36.6. The van der Waals surface area contributed by atoms with Gasteiger partial charge in [-0.1, -0.05) is 27.7 Å². The van der Waals surface area contributed by atoms with Crippen LogP contribution in [0.3, 0.4) is 0 Å². The summed E-state index contributed by atoms with van der Waals surface area (Å²) in [5.74, 6) is -7.87. The largest absolute Gasteiger partial charge is 0.480 e. The monoisotopic (exact) mass is 674 g/mol. The maximum Gasteiger partial charge on any atom is 0.328 e. The third kappa shape index (κ3) is 16.2. The van der Waals surface area contributed by atoms with Gasteiger partial charge in [0.1, 0.15) is 36.3 Å². The molecule has 0 saturated carbocycles. The molecule has 0 radical (unpaired) electrons. The van der Waals surface area contributed by atoms with Gasteiger partial charge < -0.3 is 58.7 Å². The highest BCUT2D eigenvalue weighted by Crippen LogP contribution is 2.08. The molecule has 268 valence electrons. The van der Waals surface area contributed by atoms with Crippen LogP contribution in [0, 0.1) is 11.8 Å². The topological polar surface area (TPSA) is 321 Å². The number of nitrogens with two attached hydrogens (primary N) is 2. The fraction of sp³-hybridized carbons (Fsp3) is 0.714. The SMILES string of the molecule is CC(C)C[C@H](NC(=O)[C@H](C)NC(=O)[C@@H](NC(=O)CNC(=O)[C@@H](N)[C@@H](C)O)C(C)C)C(=O)N[C@@H](CCC(N)=O)C(=O)N[C@@H](CO)C(=O)O. The standard InChI is InChI=1S/C28H50N8O11/c1-12(2)9-17(25(43)33-16(7-8-19(29)39)24(42)35-18(11-37)28(46)47)34-23(41)14(5)32-27(45)22(13(3)4)36-20(40)10-31-26(44)21(30)15(6)38/h12-18,21-22,37-38H,7-11,30H2,1-6H3,(H2,29,39)(H,31,44)(H,32,45)(H,33,43)(H,34,41)(H,35,42)(H,36,40)(H,46,47)/t14-,15+,16-,17-,18-,21-,22-/m0/s1. The molecule has 0 aliphatic rings. The summed E-state index contributed by atoms with van der Waals surface area (Å²) in [5.41, 5.74) is 10.7. The zero-order valence-corrected chi connectivity index (χ0v) is 27.5. The Morgan fingerprint density at radius 2 is 1.23 bits per heavy atom. The fourth-order valence-electron chi connectivity index (χ4n) is 3.92. The maximum absolute atomic E-state index is 13.2. The van der Waals surface area contributed by atoms with Crippen LogP contribution in [-0.4, -0.2) is 118 Å². The van der Waals surface area contributed by atoms with Crippen molar-refractivity contribution in [2.24, 2.45) is 23.3 Å². The first-order chi connectivity index (χ1) is 21.7. The molecular formula is C28H50N8O11. The van der Waals surface area contributed by atoms with E-state index in [0.717, 1.165) is 0 Å². The number of aliphatic hydroxyl groups is 2. The Labute approximate surface area is 272 Å². The Bertz CT molecular complexity index is 1130. The van der Waals surface area contributed by atoms with E-state index < -0.39 is 109 Å². The van der Waals surface area contributed by atoms with Crippen molar-refractivity contribution in [2.45, 2.75) is 103 Å². The van der Waals surface area contributed by atoms with E-state index in [4.69, 9.17) is 16.6 Å². The van der Waals surface area contributed by atoms with Gasteiger partial charge >= 0.3 is 5.97 Å². The number of nitrogens with one attached hydrogen (secondary N) is 6. The number of hydrogen-bond donors (Lipinski definition) is 11. The number of amides is 7. The number of aliphatic hydroxyl groups excluding tert-OH is 2. The van der Waals surface area contributed by atoms with Gasteiger partial charge in [-0.25, -0.2) is 4.79 Å². The summed E-state index contributed by atoms with van der Waals surface area (Å²) in [6.45, 7) is 7.93. The average Bonchev–Trinajstić information content (AvgIpc) is 2.97. The number of primary amides is 1. The molecule has 0 heterocycles. The molecule has 19 heteroatoms.